The van der Waals surface area contributed by atoms with E-state index in [0.29, 0.717) is 47.4 Å². The molecule has 0 spiro atoms. The number of rotatable bonds is 4. The van der Waals surface area contributed by atoms with Crippen LogP contribution in [0.25, 0.3) is 10.9 Å². The van der Waals surface area contributed by atoms with E-state index in [1.807, 2.05) is 0 Å². The number of hydrogen-bond donors (Lipinski definition) is 2. The number of hydrogen-bond acceptors (Lipinski definition) is 5. The predicted octanol–water partition coefficient (Wildman–Crippen LogP) is 5.86. The molecule has 0 saturated carbocycles. The van der Waals surface area contributed by atoms with Gasteiger partial charge in [0.2, 0.25) is 0 Å². The second-order valence-electron chi connectivity index (χ2n) is 7.27. The molecule has 2 N–H and O–H groups in total. The van der Waals surface area contributed by atoms with Crippen LogP contribution in [0.5, 0.6) is 23.0 Å². The second-order valence-corrected chi connectivity index (χ2v) is 7.27. The maximum absolute atomic E-state index is 14.6. The summed E-state index contributed by atoms with van der Waals surface area (Å²) in [5.41, 5.74) is 0.206. The number of carbonyl (C=O) groups excluding carboxylic acids is 1. The molecule has 0 atom stereocenters. The maximum Gasteiger partial charge on any atom is 0.323 e. The van der Waals surface area contributed by atoms with Crippen molar-refractivity contribution in [3.8, 4) is 23.0 Å². The van der Waals surface area contributed by atoms with Crippen LogP contribution in [0.3, 0.4) is 0 Å². The van der Waals surface area contributed by atoms with Crippen molar-refractivity contribution in [3.05, 3.63) is 78.2 Å². The molecular formula is C24H16F3N3O4. The Morgan fingerprint density at radius 3 is 2.24 bits per heavy atom. The van der Waals surface area contributed by atoms with Crippen LogP contribution in [-0.4, -0.2) is 24.2 Å². The molecule has 0 fully saturated rings. The highest BCUT2D eigenvalue weighted by Crippen LogP contribution is 2.38. The van der Waals surface area contributed by atoms with Crippen molar-refractivity contribution >= 4 is 28.3 Å². The number of anilines is 2. The van der Waals surface area contributed by atoms with Crippen molar-refractivity contribution in [1.82, 2.24) is 4.98 Å². The van der Waals surface area contributed by atoms with Crippen LogP contribution in [0, 0.1) is 17.5 Å². The van der Waals surface area contributed by atoms with Crippen LogP contribution in [0.15, 0.2) is 60.8 Å². The normalized spacial score (nSPS) is 12.3. The SMILES string of the molecule is O=C(Nc1ccc(F)cc1F)Nc1ccc(Oc2ccnc3cc4c(cc23)OCCO4)cc1F. The fraction of sp³-hybridized carbons (Fsp3) is 0.0833. The molecule has 3 aromatic carbocycles. The van der Waals surface area contributed by atoms with E-state index in [1.54, 1.807) is 24.4 Å². The summed E-state index contributed by atoms with van der Waals surface area (Å²) in [6.07, 6.45) is 1.55. The van der Waals surface area contributed by atoms with Crippen LogP contribution >= 0.6 is 0 Å². The molecule has 0 aliphatic carbocycles. The van der Waals surface area contributed by atoms with Crippen LogP contribution in [0.1, 0.15) is 0 Å². The van der Waals surface area contributed by atoms with E-state index in [2.05, 4.69) is 15.6 Å². The van der Waals surface area contributed by atoms with Crippen LogP contribution in [-0.2, 0) is 0 Å². The number of pyridine rings is 1. The van der Waals surface area contributed by atoms with Gasteiger partial charge in [-0.3, -0.25) is 4.98 Å². The largest absolute Gasteiger partial charge is 0.486 e. The lowest BCUT2D eigenvalue weighted by molar-refractivity contribution is 0.172. The molecule has 1 aliphatic heterocycles. The zero-order valence-electron chi connectivity index (χ0n) is 17.4. The van der Waals surface area contributed by atoms with Gasteiger partial charge in [-0.2, -0.15) is 0 Å². The molecule has 0 radical (unpaired) electrons. The Balaban J connectivity index is 1.33. The van der Waals surface area contributed by atoms with Gasteiger partial charge in [0.05, 0.1) is 16.9 Å². The fourth-order valence-electron chi connectivity index (χ4n) is 3.40. The highest BCUT2D eigenvalue weighted by molar-refractivity contribution is 6.00. The van der Waals surface area contributed by atoms with Crippen LogP contribution < -0.4 is 24.8 Å². The quantitative estimate of drug-likeness (QED) is 0.393. The standard InChI is InChI=1S/C24H16F3N3O4/c25-13-1-3-18(16(26)9-13)29-24(31)30-19-4-2-14(10-17(19)27)34-21-5-6-28-20-12-23-22(11-15(20)21)32-7-8-33-23/h1-6,9-12H,7-8H2,(H2,29,30,31). The third kappa shape index (κ3) is 4.38. The van der Waals surface area contributed by atoms with Gasteiger partial charge in [-0.05, 0) is 36.4 Å². The molecule has 10 heteroatoms. The van der Waals surface area contributed by atoms with Crippen molar-refractivity contribution < 1.29 is 32.2 Å². The summed E-state index contributed by atoms with van der Waals surface area (Å²) in [5, 5.41) is 5.12. The number of nitrogens with one attached hydrogen (secondary N) is 2. The Kier molecular flexibility index (Phi) is 5.54. The minimum Gasteiger partial charge on any atom is -0.486 e. The molecule has 7 nitrogen and oxygen atoms in total. The van der Waals surface area contributed by atoms with Crippen molar-refractivity contribution in [2.75, 3.05) is 23.8 Å². The van der Waals surface area contributed by atoms with Gasteiger partial charge in [0.15, 0.2) is 11.5 Å². The van der Waals surface area contributed by atoms with Crippen LogP contribution in [0.2, 0.25) is 0 Å². The summed E-state index contributed by atoms with van der Waals surface area (Å²) in [4.78, 5) is 16.4. The van der Waals surface area contributed by atoms with Gasteiger partial charge in [-0.25, -0.2) is 18.0 Å². The van der Waals surface area contributed by atoms with E-state index in [9.17, 15) is 18.0 Å². The number of benzene rings is 3. The lowest BCUT2D eigenvalue weighted by Crippen LogP contribution is -2.20. The lowest BCUT2D eigenvalue weighted by Gasteiger charge is -2.19. The average molecular weight is 467 g/mol. The van der Waals surface area contributed by atoms with Gasteiger partial charge < -0.3 is 24.8 Å². The molecule has 172 valence electrons. The molecular weight excluding hydrogens is 451 g/mol. The third-order valence-corrected chi connectivity index (χ3v) is 4.96. The molecule has 2 amide bonds. The molecule has 34 heavy (non-hydrogen) atoms. The van der Waals surface area contributed by atoms with E-state index in [1.165, 1.54) is 12.1 Å². The molecule has 1 aromatic heterocycles. The number of aromatic nitrogens is 1. The van der Waals surface area contributed by atoms with Crippen molar-refractivity contribution in [3.63, 3.8) is 0 Å². The van der Waals surface area contributed by atoms with Gasteiger partial charge in [0.25, 0.3) is 0 Å². The highest BCUT2D eigenvalue weighted by Gasteiger charge is 2.16. The van der Waals surface area contributed by atoms with E-state index >= 15 is 0 Å². The molecule has 5 rings (SSSR count). The predicted molar refractivity (Wildman–Crippen MR) is 118 cm³/mol. The molecule has 0 saturated heterocycles. The van der Waals surface area contributed by atoms with E-state index < -0.39 is 23.5 Å². The maximum atomic E-state index is 14.6. The summed E-state index contributed by atoms with van der Waals surface area (Å²) in [6, 6.07) is 10.8. The number of halogens is 3. The summed E-state index contributed by atoms with van der Waals surface area (Å²) >= 11 is 0. The Bertz CT molecular complexity index is 1410. The van der Waals surface area contributed by atoms with Gasteiger partial charge in [-0.15, -0.1) is 0 Å². The van der Waals surface area contributed by atoms with Gasteiger partial charge >= 0.3 is 6.03 Å². The zero-order chi connectivity index (χ0) is 23.7. The van der Waals surface area contributed by atoms with Crippen molar-refractivity contribution in [2.45, 2.75) is 0 Å². The number of nitrogens with zero attached hydrogens (tertiary/aromatic N) is 1. The highest BCUT2D eigenvalue weighted by atomic mass is 19.1. The summed E-state index contributed by atoms with van der Waals surface area (Å²) in [6.45, 7) is 0.876. The number of ether oxygens (including phenoxy) is 3. The van der Waals surface area contributed by atoms with Crippen molar-refractivity contribution in [1.29, 1.82) is 0 Å². The first kappa shape index (κ1) is 21.4. The molecule has 0 unspecified atom stereocenters. The number of carbonyl (C=O) groups is 1. The first-order chi connectivity index (χ1) is 16.5. The summed E-state index contributed by atoms with van der Waals surface area (Å²) < 4.78 is 58.4. The van der Waals surface area contributed by atoms with Gasteiger partial charge in [0, 0.05) is 29.8 Å². The monoisotopic (exact) mass is 467 g/mol. The lowest BCUT2D eigenvalue weighted by atomic mass is 10.1. The topological polar surface area (TPSA) is 81.7 Å². The molecule has 0 bridgehead atoms. The first-order valence-electron chi connectivity index (χ1n) is 10.1. The minimum absolute atomic E-state index is 0.161. The Morgan fingerprint density at radius 1 is 0.853 bits per heavy atom. The van der Waals surface area contributed by atoms with Crippen LogP contribution in [0.4, 0.5) is 29.3 Å². The smallest absolute Gasteiger partial charge is 0.323 e. The molecule has 4 aromatic rings. The fourth-order valence-corrected chi connectivity index (χ4v) is 3.40. The summed E-state index contributed by atoms with van der Waals surface area (Å²) in [7, 11) is 0. The molecule has 2 heterocycles. The third-order valence-electron chi connectivity index (χ3n) is 4.96. The second kappa shape index (κ2) is 8.81. The Hall–Kier alpha value is -4.47. The minimum atomic E-state index is -0.956. The number of fused-ring (bicyclic) bond motifs is 2. The first-order valence-corrected chi connectivity index (χ1v) is 10.1. The van der Waals surface area contributed by atoms with Gasteiger partial charge in [-0.1, -0.05) is 0 Å². The van der Waals surface area contributed by atoms with Crippen molar-refractivity contribution in [2.24, 2.45) is 0 Å². The number of urea groups is 1. The van der Waals surface area contributed by atoms with Gasteiger partial charge in [0.1, 0.15) is 42.2 Å². The zero-order valence-corrected chi connectivity index (χ0v) is 17.4. The Labute approximate surface area is 191 Å². The summed E-state index contributed by atoms with van der Waals surface area (Å²) in [5.74, 6) is -0.772. The average Bonchev–Trinajstić information content (AvgIpc) is 2.82. The van der Waals surface area contributed by atoms with E-state index in [0.717, 1.165) is 18.2 Å². The molecule has 1 aliphatic rings. The Morgan fingerprint density at radius 2 is 1.53 bits per heavy atom. The number of amides is 2. The van der Waals surface area contributed by atoms with E-state index in [4.69, 9.17) is 14.2 Å². The van der Waals surface area contributed by atoms with E-state index in [-0.39, 0.29) is 17.1 Å².